The molecule has 0 unspecified atom stereocenters. The molecule has 8 heteroatoms. The Morgan fingerprint density at radius 3 is 2.88 bits per heavy atom. The molecule has 6 nitrogen and oxygen atoms in total. The number of nitrogens with one attached hydrogen (secondary N) is 1. The summed E-state index contributed by atoms with van der Waals surface area (Å²) in [6.45, 7) is 1.14. The Morgan fingerprint density at radius 2 is 2.12 bits per heavy atom. The number of nitrogen functional groups attached to an aromatic ring is 1. The Kier molecular flexibility index (Phi) is 3.75. The summed E-state index contributed by atoms with van der Waals surface area (Å²) in [7, 11) is 0. The molecular weight excluding hydrogens is 347 g/mol. The lowest BCUT2D eigenvalue weighted by Crippen LogP contribution is -2.11. The molecule has 3 aromatic rings. The first-order chi connectivity index (χ1) is 11.6. The van der Waals surface area contributed by atoms with Gasteiger partial charge in [-0.05, 0) is 31.0 Å². The fourth-order valence-corrected chi connectivity index (χ4v) is 3.59. The Labute approximate surface area is 148 Å². The Balaban J connectivity index is 2.04. The third-order valence-corrected chi connectivity index (χ3v) is 4.83. The number of hydrogen-bond donors (Lipinski definition) is 3. The summed E-state index contributed by atoms with van der Waals surface area (Å²) < 4.78 is 1.67. The molecule has 3 heterocycles. The smallest absolute Gasteiger partial charge is 0.163 e. The first kappa shape index (κ1) is 15.5. The topological polar surface area (TPSA) is 94.3 Å². The molecule has 0 spiro atoms. The molecule has 0 atom stereocenters. The highest BCUT2D eigenvalue weighted by Gasteiger charge is 2.23. The van der Waals surface area contributed by atoms with Gasteiger partial charge in [0.05, 0.1) is 10.7 Å². The van der Waals surface area contributed by atoms with Crippen molar-refractivity contribution >= 4 is 40.5 Å². The molecule has 0 amide bonds. The molecule has 1 aliphatic rings. The van der Waals surface area contributed by atoms with Crippen LogP contribution in [0, 0.1) is 0 Å². The molecule has 0 aliphatic carbocycles. The summed E-state index contributed by atoms with van der Waals surface area (Å²) in [5.74, 6) is 1.32. The molecule has 1 aliphatic heterocycles. The van der Waals surface area contributed by atoms with Crippen molar-refractivity contribution in [3.8, 4) is 11.3 Å². The zero-order valence-electron chi connectivity index (χ0n) is 12.8. The predicted octanol–water partition coefficient (Wildman–Crippen LogP) is 3.10. The van der Waals surface area contributed by atoms with Gasteiger partial charge in [0.25, 0.3) is 0 Å². The standard InChI is InChI=1S/C16H16Cl2N6/c17-8-3-4-9(12(18)6-8)13-11(7-19)14(20)24-16(22-13)10-2-1-5-21-15(10)23-24/h3-4,6H,1-2,5,7,19-20H2,(H,21,23). The van der Waals surface area contributed by atoms with E-state index in [9.17, 15) is 0 Å². The average Bonchev–Trinajstić information content (AvgIpc) is 2.94. The number of anilines is 2. The van der Waals surface area contributed by atoms with Crippen molar-refractivity contribution in [3.05, 3.63) is 39.4 Å². The van der Waals surface area contributed by atoms with E-state index in [1.54, 1.807) is 16.6 Å². The van der Waals surface area contributed by atoms with E-state index in [-0.39, 0.29) is 6.54 Å². The molecule has 1 aromatic carbocycles. The third kappa shape index (κ3) is 2.30. The fourth-order valence-electron chi connectivity index (χ4n) is 3.10. The first-order valence-corrected chi connectivity index (χ1v) is 8.45. The summed E-state index contributed by atoms with van der Waals surface area (Å²) in [5.41, 5.74) is 16.2. The van der Waals surface area contributed by atoms with Crippen LogP contribution in [0.25, 0.3) is 16.9 Å². The number of rotatable bonds is 2. The molecule has 5 N–H and O–H groups in total. The number of hydrogen-bond acceptors (Lipinski definition) is 5. The van der Waals surface area contributed by atoms with E-state index < -0.39 is 0 Å². The molecule has 24 heavy (non-hydrogen) atoms. The third-order valence-electron chi connectivity index (χ3n) is 4.28. The maximum absolute atomic E-state index is 6.37. The first-order valence-electron chi connectivity index (χ1n) is 7.69. The van der Waals surface area contributed by atoms with Crippen molar-refractivity contribution in [1.29, 1.82) is 0 Å². The van der Waals surface area contributed by atoms with Gasteiger partial charge in [-0.15, -0.1) is 5.10 Å². The van der Waals surface area contributed by atoms with Gasteiger partial charge in [0, 0.05) is 34.8 Å². The monoisotopic (exact) mass is 362 g/mol. The van der Waals surface area contributed by atoms with Crippen molar-refractivity contribution in [2.24, 2.45) is 5.73 Å². The van der Waals surface area contributed by atoms with Crippen LogP contribution in [0.3, 0.4) is 0 Å². The van der Waals surface area contributed by atoms with Gasteiger partial charge < -0.3 is 16.8 Å². The highest BCUT2D eigenvalue weighted by Crippen LogP contribution is 2.35. The number of aromatic nitrogens is 3. The summed E-state index contributed by atoms with van der Waals surface area (Å²) in [5, 5.41) is 8.92. The highest BCUT2D eigenvalue weighted by atomic mass is 35.5. The van der Waals surface area contributed by atoms with Gasteiger partial charge in [-0.1, -0.05) is 23.2 Å². The van der Waals surface area contributed by atoms with Gasteiger partial charge in [-0.3, -0.25) is 0 Å². The van der Waals surface area contributed by atoms with Crippen molar-refractivity contribution < 1.29 is 0 Å². The summed E-state index contributed by atoms with van der Waals surface area (Å²) >= 11 is 12.4. The quantitative estimate of drug-likeness (QED) is 0.650. The minimum Gasteiger partial charge on any atom is -0.383 e. The van der Waals surface area contributed by atoms with Crippen LogP contribution in [-0.4, -0.2) is 21.1 Å². The summed E-state index contributed by atoms with van der Waals surface area (Å²) in [4.78, 5) is 4.81. The van der Waals surface area contributed by atoms with E-state index in [0.717, 1.165) is 42.0 Å². The molecule has 0 radical (unpaired) electrons. The molecule has 2 aromatic heterocycles. The maximum atomic E-state index is 6.37. The number of aryl methyl sites for hydroxylation is 1. The number of nitrogens with zero attached hydrogens (tertiary/aromatic N) is 3. The normalized spacial score (nSPS) is 13.8. The second-order valence-electron chi connectivity index (χ2n) is 5.75. The van der Waals surface area contributed by atoms with Gasteiger partial charge in [-0.2, -0.15) is 4.52 Å². The van der Waals surface area contributed by atoms with Gasteiger partial charge >= 0.3 is 0 Å². The van der Waals surface area contributed by atoms with E-state index >= 15 is 0 Å². The van der Waals surface area contributed by atoms with Crippen LogP contribution in [-0.2, 0) is 13.0 Å². The minimum atomic E-state index is 0.237. The molecule has 0 saturated heterocycles. The molecule has 0 bridgehead atoms. The van der Waals surface area contributed by atoms with Gasteiger partial charge in [0.1, 0.15) is 5.82 Å². The number of fused-ring (bicyclic) bond motifs is 3. The lowest BCUT2D eigenvalue weighted by Gasteiger charge is -2.14. The fraction of sp³-hybridized carbons (Fsp3) is 0.250. The van der Waals surface area contributed by atoms with Crippen LogP contribution in [0.15, 0.2) is 18.2 Å². The second-order valence-corrected chi connectivity index (χ2v) is 6.59. The van der Waals surface area contributed by atoms with Gasteiger partial charge in [-0.25, -0.2) is 4.98 Å². The van der Waals surface area contributed by atoms with Crippen LogP contribution in [0.4, 0.5) is 11.6 Å². The molecular formula is C16H16Cl2N6. The predicted molar refractivity (Wildman–Crippen MR) is 97.6 cm³/mol. The van der Waals surface area contributed by atoms with Crippen molar-refractivity contribution in [2.75, 3.05) is 17.6 Å². The summed E-state index contributed by atoms with van der Waals surface area (Å²) in [6.07, 6.45) is 1.94. The number of benzene rings is 1. The van der Waals surface area contributed by atoms with E-state index in [2.05, 4.69) is 10.4 Å². The van der Waals surface area contributed by atoms with Crippen LogP contribution < -0.4 is 16.8 Å². The van der Waals surface area contributed by atoms with Crippen LogP contribution >= 0.6 is 23.2 Å². The SMILES string of the molecule is NCc1c(-c2ccc(Cl)cc2Cl)nc2c3c(nn2c1N)NCCC3. The van der Waals surface area contributed by atoms with Crippen LogP contribution in [0.5, 0.6) is 0 Å². The zero-order chi connectivity index (χ0) is 16.8. The number of nitrogens with two attached hydrogens (primary N) is 2. The average molecular weight is 363 g/mol. The van der Waals surface area contributed by atoms with Crippen molar-refractivity contribution in [1.82, 2.24) is 14.6 Å². The molecule has 4 rings (SSSR count). The Hall–Kier alpha value is -2.02. The molecule has 124 valence electrons. The largest absolute Gasteiger partial charge is 0.383 e. The van der Waals surface area contributed by atoms with Crippen molar-refractivity contribution in [2.45, 2.75) is 19.4 Å². The van der Waals surface area contributed by atoms with Gasteiger partial charge in [0.15, 0.2) is 11.5 Å². The lowest BCUT2D eigenvalue weighted by atomic mass is 10.1. The van der Waals surface area contributed by atoms with E-state index in [0.29, 0.717) is 27.1 Å². The van der Waals surface area contributed by atoms with E-state index in [1.807, 2.05) is 6.07 Å². The van der Waals surface area contributed by atoms with E-state index in [1.165, 1.54) is 0 Å². The number of halogens is 2. The Bertz CT molecular complexity index is 950. The van der Waals surface area contributed by atoms with Crippen LogP contribution in [0.2, 0.25) is 10.0 Å². The highest BCUT2D eigenvalue weighted by molar-refractivity contribution is 6.36. The summed E-state index contributed by atoms with van der Waals surface area (Å²) in [6, 6.07) is 5.30. The van der Waals surface area contributed by atoms with E-state index in [4.69, 9.17) is 39.7 Å². The molecule has 0 fully saturated rings. The molecule has 0 saturated carbocycles. The second kappa shape index (κ2) is 5.81. The lowest BCUT2D eigenvalue weighted by molar-refractivity contribution is 0.828. The Morgan fingerprint density at radius 1 is 1.29 bits per heavy atom. The minimum absolute atomic E-state index is 0.237. The zero-order valence-corrected chi connectivity index (χ0v) is 14.3. The maximum Gasteiger partial charge on any atom is 0.163 e. The van der Waals surface area contributed by atoms with Crippen molar-refractivity contribution in [3.63, 3.8) is 0 Å². The van der Waals surface area contributed by atoms with Gasteiger partial charge in [0.2, 0.25) is 0 Å². The van der Waals surface area contributed by atoms with Crippen LogP contribution in [0.1, 0.15) is 17.5 Å².